The van der Waals surface area contributed by atoms with Crippen molar-refractivity contribution < 1.29 is 23.9 Å². The first-order valence-corrected chi connectivity index (χ1v) is 12.2. The number of ether oxygens (including phenoxy) is 2. The average Bonchev–Trinajstić information content (AvgIpc) is 3.09. The Kier molecular flexibility index (Phi) is 8.30. The quantitative estimate of drug-likeness (QED) is 0.385. The highest BCUT2D eigenvalue weighted by Crippen LogP contribution is 2.33. The van der Waals surface area contributed by atoms with Crippen LogP contribution in [-0.2, 0) is 9.53 Å². The van der Waals surface area contributed by atoms with Crippen molar-refractivity contribution in [1.82, 2.24) is 0 Å². The van der Waals surface area contributed by atoms with E-state index in [0.717, 1.165) is 27.3 Å². The van der Waals surface area contributed by atoms with Crippen LogP contribution in [0.15, 0.2) is 42.5 Å². The molecule has 3 aromatic rings. The second kappa shape index (κ2) is 11.2. The molecule has 0 saturated carbocycles. The van der Waals surface area contributed by atoms with Crippen molar-refractivity contribution in [2.75, 3.05) is 17.2 Å². The van der Waals surface area contributed by atoms with Gasteiger partial charge in [-0.1, -0.05) is 17.7 Å². The smallest absolute Gasteiger partial charge is 0.341 e. The van der Waals surface area contributed by atoms with Crippen molar-refractivity contribution in [2.24, 2.45) is 0 Å². The van der Waals surface area contributed by atoms with Crippen LogP contribution in [0.1, 0.15) is 56.1 Å². The van der Waals surface area contributed by atoms with Crippen molar-refractivity contribution in [3.63, 3.8) is 0 Å². The fourth-order valence-electron chi connectivity index (χ4n) is 3.47. The minimum atomic E-state index is -0.736. The number of benzene rings is 2. The predicted molar refractivity (Wildman–Crippen MR) is 139 cm³/mol. The van der Waals surface area contributed by atoms with E-state index in [9.17, 15) is 14.4 Å². The molecule has 184 valence electrons. The first kappa shape index (κ1) is 26.0. The SMILES string of the molecule is CCOC(=O)c1c(NC(=O)c2ccc(O[C@@H](C)C(=O)Nc3ccc(C)cc3C)cc2)sc(C)c1C. The summed E-state index contributed by atoms with van der Waals surface area (Å²) in [6.07, 6.45) is -0.736. The number of thiophene rings is 1. The number of aryl methyl sites for hydroxylation is 3. The molecule has 1 heterocycles. The van der Waals surface area contributed by atoms with Crippen LogP contribution in [0.3, 0.4) is 0 Å². The van der Waals surface area contributed by atoms with Crippen molar-refractivity contribution in [2.45, 2.75) is 47.6 Å². The number of hydrogen-bond acceptors (Lipinski definition) is 6. The molecule has 1 atom stereocenters. The number of amides is 2. The van der Waals surface area contributed by atoms with Crippen LogP contribution in [0.25, 0.3) is 0 Å². The number of anilines is 2. The Morgan fingerprint density at radius 2 is 1.66 bits per heavy atom. The molecule has 3 rings (SSSR count). The number of rotatable bonds is 8. The third-order valence-electron chi connectivity index (χ3n) is 5.53. The second-order valence-electron chi connectivity index (χ2n) is 8.25. The lowest BCUT2D eigenvalue weighted by Gasteiger charge is -2.16. The standard InChI is InChI=1S/C27H30N2O5S/c1-7-33-27(32)23-17(4)19(6)35-26(23)29-25(31)20-9-11-21(12-10-20)34-18(5)24(30)28-22-13-8-15(2)14-16(22)3/h8-14,18H,7H2,1-6H3,(H,28,30)(H,29,31)/t18-/m0/s1. The zero-order valence-electron chi connectivity index (χ0n) is 20.8. The number of esters is 1. The van der Waals surface area contributed by atoms with Crippen molar-refractivity contribution in [3.8, 4) is 5.75 Å². The molecule has 8 heteroatoms. The summed E-state index contributed by atoms with van der Waals surface area (Å²) in [5.74, 6) is -0.626. The molecule has 0 aliphatic carbocycles. The van der Waals surface area contributed by atoms with Gasteiger partial charge in [-0.15, -0.1) is 11.3 Å². The van der Waals surface area contributed by atoms with E-state index in [1.165, 1.54) is 11.3 Å². The van der Waals surface area contributed by atoms with E-state index in [2.05, 4.69) is 10.6 Å². The maximum Gasteiger partial charge on any atom is 0.341 e. The van der Waals surface area contributed by atoms with Crippen LogP contribution in [0.2, 0.25) is 0 Å². The van der Waals surface area contributed by atoms with E-state index in [1.807, 2.05) is 45.9 Å². The molecule has 0 saturated heterocycles. The van der Waals surface area contributed by atoms with E-state index in [-0.39, 0.29) is 18.4 Å². The Hall–Kier alpha value is -3.65. The molecule has 0 spiro atoms. The number of carbonyl (C=O) groups excluding carboxylic acids is 3. The van der Waals surface area contributed by atoms with Crippen molar-refractivity contribution in [1.29, 1.82) is 0 Å². The molecule has 2 amide bonds. The maximum atomic E-state index is 12.8. The summed E-state index contributed by atoms with van der Waals surface area (Å²) in [7, 11) is 0. The van der Waals surface area contributed by atoms with Gasteiger partial charge >= 0.3 is 5.97 Å². The van der Waals surface area contributed by atoms with Gasteiger partial charge in [0, 0.05) is 16.1 Å². The molecule has 2 aromatic carbocycles. The van der Waals surface area contributed by atoms with Gasteiger partial charge in [0.1, 0.15) is 10.8 Å². The summed E-state index contributed by atoms with van der Waals surface area (Å²) >= 11 is 1.33. The molecule has 0 aliphatic heterocycles. The first-order chi connectivity index (χ1) is 16.6. The molecule has 1 aromatic heterocycles. The van der Waals surface area contributed by atoms with Crippen LogP contribution in [0.4, 0.5) is 10.7 Å². The molecule has 0 bridgehead atoms. The molecule has 0 fully saturated rings. The highest BCUT2D eigenvalue weighted by molar-refractivity contribution is 7.16. The molecule has 0 unspecified atom stereocenters. The zero-order valence-corrected chi connectivity index (χ0v) is 21.6. The van der Waals surface area contributed by atoms with E-state index in [0.29, 0.717) is 21.9 Å². The molecule has 35 heavy (non-hydrogen) atoms. The van der Waals surface area contributed by atoms with Gasteiger partial charge in [0.25, 0.3) is 11.8 Å². The van der Waals surface area contributed by atoms with Crippen LogP contribution >= 0.6 is 11.3 Å². The van der Waals surface area contributed by atoms with Gasteiger partial charge in [-0.25, -0.2) is 4.79 Å². The lowest BCUT2D eigenvalue weighted by atomic mass is 10.1. The third kappa shape index (κ3) is 6.27. The summed E-state index contributed by atoms with van der Waals surface area (Å²) < 4.78 is 10.9. The van der Waals surface area contributed by atoms with Gasteiger partial charge in [-0.05, 0) is 83.0 Å². The molecule has 2 N–H and O–H groups in total. The number of hydrogen-bond donors (Lipinski definition) is 2. The number of nitrogens with one attached hydrogen (secondary N) is 2. The van der Waals surface area contributed by atoms with Crippen LogP contribution in [-0.4, -0.2) is 30.5 Å². The topological polar surface area (TPSA) is 93.7 Å². The summed E-state index contributed by atoms with van der Waals surface area (Å²) in [5, 5.41) is 6.15. The first-order valence-electron chi connectivity index (χ1n) is 11.3. The van der Waals surface area contributed by atoms with Gasteiger partial charge in [0.05, 0.1) is 12.2 Å². The highest BCUT2D eigenvalue weighted by atomic mass is 32.1. The van der Waals surface area contributed by atoms with Gasteiger partial charge in [-0.2, -0.15) is 0 Å². The van der Waals surface area contributed by atoms with Gasteiger partial charge in [-0.3, -0.25) is 9.59 Å². The summed E-state index contributed by atoms with van der Waals surface area (Å²) in [4.78, 5) is 38.6. The fraction of sp³-hybridized carbons (Fsp3) is 0.296. The lowest BCUT2D eigenvalue weighted by molar-refractivity contribution is -0.122. The van der Waals surface area contributed by atoms with E-state index >= 15 is 0 Å². The minimum absolute atomic E-state index is 0.253. The lowest BCUT2D eigenvalue weighted by Crippen LogP contribution is -2.30. The van der Waals surface area contributed by atoms with Gasteiger partial charge in [0.2, 0.25) is 0 Å². The van der Waals surface area contributed by atoms with E-state index in [4.69, 9.17) is 9.47 Å². The van der Waals surface area contributed by atoms with Crippen molar-refractivity contribution >= 4 is 39.8 Å². The zero-order chi connectivity index (χ0) is 25.7. The summed E-state index contributed by atoms with van der Waals surface area (Å²) in [5.41, 5.74) is 4.40. The maximum absolute atomic E-state index is 12.8. The Morgan fingerprint density at radius 3 is 2.29 bits per heavy atom. The Morgan fingerprint density at radius 1 is 0.971 bits per heavy atom. The largest absolute Gasteiger partial charge is 0.481 e. The van der Waals surface area contributed by atoms with Crippen LogP contribution < -0.4 is 15.4 Å². The molecule has 0 radical (unpaired) electrons. The Bertz CT molecular complexity index is 1250. The summed E-state index contributed by atoms with van der Waals surface area (Å²) in [6.45, 7) is 11.3. The van der Waals surface area contributed by atoms with Gasteiger partial charge < -0.3 is 20.1 Å². The fourth-order valence-corrected chi connectivity index (χ4v) is 4.51. The minimum Gasteiger partial charge on any atom is -0.481 e. The monoisotopic (exact) mass is 494 g/mol. The average molecular weight is 495 g/mol. The second-order valence-corrected chi connectivity index (χ2v) is 9.48. The Labute approximate surface area is 209 Å². The highest BCUT2D eigenvalue weighted by Gasteiger charge is 2.22. The van der Waals surface area contributed by atoms with Crippen molar-refractivity contribution in [3.05, 3.63) is 75.2 Å². The van der Waals surface area contributed by atoms with E-state index in [1.54, 1.807) is 38.1 Å². The molecule has 7 nitrogen and oxygen atoms in total. The Balaban J connectivity index is 1.65. The predicted octanol–water partition coefficient (Wildman–Crippen LogP) is 5.82. The number of carbonyl (C=O) groups is 3. The van der Waals surface area contributed by atoms with Gasteiger partial charge in [0.15, 0.2) is 6.10 Å². The molecular weight excluding hydrogens is 464 g/mol. The molecular formula is C27H30N2O5S. The van der Waals surface area contributed by atoms with Crippen LogP contribution in [0, 0.1) is 27.7 Å². The van der Waals surface area contributed by atoms with Crippen LogP contribution in [0.5, 0.6) is 5.75 Å². The summed E-state index contributed by atoms with van der Waals surface area (Å²) in [6, 6.07) is 12.3. The van der Waals surface area contributed by atoms with E-state index < -0.39 is 12.1 Å². The normalized spacial score (nSPS) is 11.5. The molecule has 0 aliphatic rings. The third-order valence-corrected chi connectivity index (χ3v) is 6.65.